The number of nitrogens with one attached hydrogen (secondary N) is 1. The fraction of sp³-hybridized carbons (Fsp3) is 0.308. The Labute approximate surface area is 106 Å². The maximum atomic E-state index is 11.1. The number of hydrogen-bond donors (Lipinski definition) is 1. The van der Waals surface area contributed by atoms with E-state index >= 15 is 0 Å². The first-order valence-corrected chi connectivity index (χ1v) is 5.50. The normalized spacial score (nSPS) is 8.76. The lowest BCUT2D eigenvalue weighted by Crippen LogP contribution is -1.97. The molecule has 0 unspecified atom stereocenters. The molecule has 0 saturated heterocycles. The second-order valence-corrected chi connectivity index (χ2v) is 3.89. The number of ketones is 1. The lowest BCUT2D eigenvalue weighted by Gasteiger charge is -1.98. The highest BCUT2D eigenvalue weighted by Gasteiger charge is 1.98. The van der Waals surface area contributed by atoms with Crippen molar-refractivity contribution in [1.29, 1.82) is 0 Å². The van der Waals surface area contributed by atoms with Crippen LogP contribution in [0, 0.1) is 6.92 Å². The first-order valence-electron chi connectivity index (χ1n) is 5.13. The summed E-state index contributed by atoms with van der Waals surface area (Å²) in [5.41, 5.74) is 2.02. The van der Waals surface area contributed by atoms with Gasteiger partial charge in [-0.25, -0.2) is 0 Å². The fourth-order valence-corrected chi connectivity index (χ4v) is 1.34. The van der Waals surface area contributed by atoms with E-state index in [1.165, 1.54) is 0 Å². The van der Waals surface area contributed by atoms with Crippen molar-refractivity contribution in [2.75, 3.05) is 7.18 Å². The highest BCUT2D eigenvalue weighted by Crippen LogP contribution is 2.08. The Balaban J connectivity index is 0.00000121. The Bertz CT molecular complexity index is 414. The molecule has 0 atom stereocenters. The van der Waals surface area contributed by atoms with Crippen LogP contribution < -0.4 is 0 Å². The van der Waals surface area contributed by atoms with E-state index in [0.717, 1.165) is 11.1 Å². The van der Waals surface area contributed by atoms with Gasteiger partial charge < -0.3 is 4.98 Å². The molecule has 1 N–H and O–H groups in total. The molecule has 0 fully saturated rings. The zero-order chi connectivity index (χ0) is 13.3. The monoisotopic (exact) mass is 257 g/mol. The van der Waals surface area contributed by atoms with Gasteiger partial charge >= 0.3 is 0 Å². The molecule has 17 heavy (non-hydrogen) atoms. The van der Waals surface area contributed by atoms with Gasteiger partial charge in [-0.05, 0) is 37.1 Å². The number of Topliss-reactive ketones (excluding diaryl/α,β-unsaturated/α-hetero) is 1. The molecule has 94 valence electrons. The second kappa shape index (κ2) is 8.76. The topological polar surface area (TPSA) is 32.9 Å². The van der Waals surface area contributed by atoms with Crippen molar-refractivity contribution in [3.63, 3.8) is 0 Å². The summed E-state index contributed by atoms with van der Waals surface area (Å²) in [7, 11) is 0.500. The van der Waals surface area contributed by atoms with Crippen LogP contribution in [-0.2, 0) is 11.2 Å². The second-order valence-electron chi connectivity index (χ2n) is 3.45. The number of alkyl halides is 1. The van der Waals surface area contributed by atoms with Gasteiger partial charge in [-0.1, -0.05) is 17.7 Å². The van der Waals surface area contributed by atoms with Crippen molar-refractivity contribution < 1.29 is 9.18 Å². The molecule has 1 aromatic heterocycles. The molecule has 0 aliphatic rings. The third kappa shape index (κ3) is 6.74. The quantitative estimate of drug-likeness (QED) is 0.858. The van der Waals surface area contributed by atoms with Crippen LogP contribution in [0.5, 0.6) is 0 Å². The minimum absolute atomic E-state index is 0.147. The maximum absolute atomic E-state index is 11.1. The Morgan fingerprint density at radius 3 is 2.59 bits per heavy atom. The van der Waals surface area contributed by atoms with Crippen LogP contribution in [0.25, 0.3) is 0 Å². The number of rotatable bonds is 2. The molecule has 1 aromatic rings. The van der Waals surface area contributed by atoms with E-state index in [1.807, 2.05) is 25.3 Å². The van der Waals surface area contributed by atoms with Crippen molar-refractivity contribution in [3.8, 4) is 0 Å². The van der Waals surface area contributed by atoms with Crippen molar-refractivity contribution in [2.24, 2.45) is 0 Å². The standard InChI is InChI=1S/C12H14ClNO.CH3F/c1-9-3-4-12(13)5-6-14-8-11(9)7-10(2)15;1-2/h3-6,8,14H,7H2,1-2H3;1H3. The molecule has 0 aliphatic carbocycles. The van der Waals surface area contributed by atoms with Crippen LogP contribution in [0.3, 0.4) is 0 Å². The molecule has 0 aromatic carbocycles. The Morgan fingerprint density at radius 1 is 1.35 bits per heavy atom. The summed E-state index contributed by atoms with van der Waals surface area (Å²) in [6.45, 7) is 3.54. The number of aromatic nitrogens is 1. The lowest BCUT2D eigenvalue weighted by molar-refractivity contribution is -0.116. The Kier molecular flexibility index (Phi) is 8.07. The van der Waals surface area contributed by atoms with Gasteiger partial charge in [-0.15, -0.1) is 0 Å². The molecule has 0 radical (unpaired) electrons. The average Bonchev–Trinajstić information content (AvgIpc) is 2.37. The fourth-order valence-electron chi connectivity index (χ4n) is 1.22. The van der Waals surface area contributed by atoms with Crippen LogP contribution in [0.1, 0.15) is 18.1 Å². The first kappa shape index (κ1) is 15.7. The van der Waals surface area contributed by atoms with Crippen LogP contribution in [-0.4, -0.2) is 17.9 Å². The van der Waals surface area contributed by atoms with E-state index in [-0.39, 0.29) is 5.78 Å². The van der Waals surface area contributed by atoms with Crippen LogP contribution in [0.2, 0.25) is 5.02 Å². The average molecular weight is 258 g/mol. The van der Waals surface area contributed by atoms with Crippen molar-refractivity contribution >= 4 is 17.4 Å². The summed E-state index contributed by atoms with van der Waals surface area (Å²) in [4.78, 5) is 14.0. The summed E-state index contributed by atoms with van der Waals surface area (Å²) in [5.74, 6) is 0.147. The highest BCUT2D eigenvalue weighted by atomic mass is 35.5. The summed E-state index contributed by atoms with van der Waals surface area (Å²) < 4.78 is 9.50. The summed E-state index contributed by atoms with van der Waals surface area (Å²) in [6.07, 6.45) is 4.01. The Morgan fingerprint density at radius 2 is 2.00 bits per heavy atom. The Hall–Kier alpha value is -1.35. The van der Waals surface area contributed by atoms with Gasteiger partial charge in [0.1, 0.15) is 5.78 Å². The smallest absolute Gasteiger partial charge is 0.134 e. The number of aryl methyl sites for hydroxylation is 1. The summed E-state index contributed by atoms with van der Waals surface area (Å²) in [5, 5.41) is 0.652. The largest absolute Gasteiger partial charge is 0.367 e. The van der Waals surface area contributed by atoms with Crippen LogP contribution >= 0.6 is 11.6 Å². The summed E-state index contributed by atoms with van der Waals surface area (Å²) >= 11 is 5.88. The van der Waals surface area contributed by atoms with E-state index in [2.05, 4.69) is 4.98 Å². The van der Waals surface area contributed by atoms with Crippen molar-refractivity contribution in [2.45, 2.75) is 20.3 Å². The van der Waals surface area contributed by atoms with E-state index < -0.39 is 0 Å². The number of halogens is 2. The lowest BCUT2D eigenvalue weighted by atomic mass is 10.1. The molecule has 1 heterocycles. The molecule has 2 nitrogen and oxygen atoms in total. The van der Waals surface area contributed by atoms with Gasteiger partial charge in [0.2, 0.25) is 0 Å². The number of hydrogen-bond acceptors (Lipinski definition) is 1. The molecular weight excluding hydrogens is 241 g/mol. The van der Waals surface area contributed by atoms with E-state index in [4.69, 9.17) is 11.6 Å². The SMILES string of the molecule is CC(=O)Cc1c[nH]ccc(Cl)ccc1C.CF. The molecule has 1 rings (SSSR count). The number of carbonyl (C=O) groups excluding carboxylic acids is 1. The van der Waals surface area contributed by atoms with Gasteiger partial charge in [-0.3, -0.25) is 9.18 Å². The predicted molar refractivity (Wildman–Crippen MR) is 69.6 cm³/mol. The number of carbonyl (C=O) groups is 1. The van der Waals surface area contributed by atoms with Gasteiger partial charge in [0.15, 0.2) is 0 Å². The molecule has 0 spiro atoms. The molecule has 0 amide bonds. The highest BCUT2D eigenvalue weighted by molar-refractivity contribution is 6.30. The molecular formula is C13H17ClFNO. The maximum Gasteiger partial charge on any atom is 0.134 e. The van der Waals surface area contributed by atoms with Gasteiger partial charge in [0.25, 0.3) is 0 Å². The molecule has 4 heteroatoms. The van der Waals surface area contributed by atoms with Gasteiger partial charge in [0.05, 0.1) is 7.18 Å². The van der Waals surface area contributed by atoms with Gasteiger partial charge in [-0.2, -0.15) is 0 Å². The van der Waals surface area contributed by atoms with Crippen LogP contribution in [0.15, 0.2) is 30.6 Å². The third-order valence-electron chi connectivity index (χ3n) is 2.03. The van der Waals surface area contributed by atoms with Gasteiger partial charge in [0, 0.05) is 23.8 Å². The summed E-state index contributed by atoms with van der Waals surface area (Å²) in [6, 6.07) is 5.49. The minimum Gasteiger partial charge on any atom is -0.367 e. The van der Waals surface area contributed by atoms with E-state index in [9.17, 15) is 9.18 Å². The molecule has 0 bridgehead atoms. The van der Waals surface area contributed by atoms with Crippen molar-refractivity contribution in [3.05, 3.63) is 46.7 Å². The van der Waals surface area contributed by atoms with Crippen molar-refractivity contribution in [1.82, 2.24) is 4.98 Å². The first-order chi connectivity index (χ1) is 8.09. The zero-order valence-corrected chi connectivity index (χ0v) is 11.0. The van der Waals surface area contributed by atoms with Crippen LogP contribution in [0.4, 0.5) is 4.39 Å². The molecule has 0 aliphatic heterocycles. The number of H-pyrrole nitrogens is 1. The molecule has 0 saturated carbocycles. The number of aromatic amines is 1. The zero-order valence-electron chi connectivity index (χ0n) is 10.3. The minimum atomic E-state index is 0.147. The van der Waals surface area contributed by atoms with E-state index in [1.54, 1.807) is 19.2 Å². The predicted octanol–water partition coefficient (Wildman–Crippen LogP) is 3.82. The van der Waals surface area contributed by atoms with E-state index in [0.29, 0.717) is 18.6 Å². The third-order valence-corrected chi connectivity index (χ3v) is 2.29.